The van der Waals surface area contributed by atoms with E-state index in [1.165, 1.54) is 29.8 Å². The van der Waals surface area contributed by atoms with E-state index in [9.17, 15) is 4.79 Å². The van der Waals surface area contributed by atoms with Crippen LogP contribution in [0.3, 0.4) is 0 Å². The van der Waals surface area contributed by atoms with Crippen molar-refractivity contribution in [1.82, 2.24) is 29.9 Å². The Bertz CT molecular complexity index is 2340. The molecule has 0 saturated carbocycles. The number of anilines is 4. The van der Waals surface area contributed by atoms with Gasteiger partial charge in [-0.05, 0) is 48.0 Å². The quantitative estimate of drug-likeness (QED) is 0.103. The number of ether oxygens (including phenoxy) is 5. The van der Waals surface area contributed by atoms with Gasteiger partial charge in [0.2, 0.25) is 5.28 Å². The van der Waals surface area contributed by atoms with Gasteiger partial charge in [0.1, 0.15) is 15.9 Å². The molecule has 0 amide bonds. The normalized spacial score (nSPS) is 10.6. The zero-order chi connectivity index (χ0) is 35.9. The van der Waals surface area contributed by atoms with E-state index in [-0.39, 0.29) is 5.28 Å². The summed E-state index contributed by atoms with van der Waals surface area (Å²) in [7, 11) is 7.69. The van der Waals surface area contributed by atoms with E-state index in [0.29, 0.717) is 62.6 Å². The van der Waals surface area contributed by atoms with Crippen LogP contribution >= 0.6 is 34.3 Å². The Labute approximate surface area is 304 Å². The van der Waals surface area contributed by atoms with E-state index in [1.54, 1.807) is 63.7 Å². The molecule has 4 aromatic heterocycles. The van der Waals surface area contributed by atoms with Gasteiger partial charge in [-0.15, -0.1) is 22.7 Å². The number of thiazole rings is 2. The molecule has 17 heteroatoms. The lowest BCUT2D eigenvalue weighted by molar-refractivity contribution is 0.0600. The molecule has 7 aromatic rings. The Balaban J connectivity index is 0.000000187. The first-order valence-corrected chi connectivity index (χ1v) is 17.0. The molecule has 0 spiro atoms. The smallest absolute Gasteiger partial charge is 0.337 e. The second-order valence-electron chi connectivity index (χ2n) is 10.2. The average Bonchev–Trinajstić information content (AvgIpc) is 3.85. The molecule has 0 aliphatic heterocycles. The summed E-state index contributed by atoms with van der Waals surface area (Å²) in [6.07, 6.45) is 0. The molecule has 7 rings (SSSR count). The lowest BCUT2D eigenvalue weighted by Gasteiger charge is -2.12. The molecule has 0 saturated heterocycles. The van der Waals surface area contributed by atoms with Crippen molar-refractivity contribution in [3.8, 4) is 34.4 Å². The topological polar surface area (TPSA) is 165 Å². The summed E-state index contributed by atoms with van der Waals surface area (Å²) in [5, 5.41) is 6.63. The Kier molecular flexibility index (Phi) is 10.8. The fourth-order valence-electron chi connectivity index (χ4n) is 4.81. The van der Waals surface area contributed by atoms with Gasteiger partial charge in [0.15, 0.2) is 45.3 Å². The number of methoxy groups -OCH3 is 5. The number of hydrogen-bond acceptors (Lipinski definition) is 16. The van der Waals surface area contributed by atoms with Crippen LogP contribution in [0.2, 0.25) is 5.28 Å². The monoisotopic (exact) mass is 744 g/mol. The maximum Gasteiger partial charge on any atom is 0.337 e. The van der Waals surface area contributed by atoms with Crippen molar-refractivity contribution < 1.29 is 28.5 Å². The van der Waals surface area contributed by atoms with Crippen molar-refractivity contribution in [3.63, 3.8) is 0 Å². The Morgan fingerprint density at radius 3 is 1.75 bits per heavy atom. The molecule has 2 N–H and O–H groups in total. The molecule has 51 heavy (non-hydrogen) atoms. The molecule has 0 bridgehead atoms. The van der Waals surface area contributed by atoms with Gasteiger partial charge in [0.05, 0.1) is 52.1 Å². The third kappa shape index (κ3) is 7.82. The fraction of sp³-hybridized carbons (Fsp3) is 0.147. The van der Waals surface area contributed by atoms with Gasteiger partial charge in [-0.2, -0.15) is 4.98 Å². The first-order chi connectivity index (χ1) is 24.8. The number of nitrogens with zero attached hydrogens (tertiary/aromatic N) is 6. The summed E-state index contributed by atoms with van der Waals surface area (Å²) in [6.45, 7) is 0. The number of hydrogen-bond donors (Lipinski definition) is 2. The van der Waals surface area contributed by atoms with E-state index >= 15 is 0 Å². The van der Waals surface area contributed by atoms with Crippen molar-refractivity contribution in [3.05, 3.63) is 82.5 Å². The van der Waals surface area contributed by atoms with Gasteiger partial charge in [-0.25, -0.2) is 29.7 Å². The summed E-state index contributed by atoms with van der Waals surface area (Å²) < 4.78 is 25.9. The summed E-state index contributed by atoms with van der Waals surface area (Å²) in [5.41, 5.74) is 7.43. The van der Waals surface area contributed by atoms with Gasteiger partial charge in [-0.3, -0.25) is 0 Å². The number of esters is 1. The maximum absolute atomic E-state index is 11.9. The standard InChI is InChI=1S/C21H18N4O4S.C13H11ClN4O2S/c1-27-15-8-7-14(10-16(15)28-2)23-19-17-20(30-11-22-17)25-18(24-19)12-5-4-6-13(9-12)21(26)29-3;1-19-8-4-3-7(5-9(8)20-2)16-11-10-12(21-6-15-10)18-13(14)17-11/h4-11H,1-3H3,(H,23,24,25);3-6H,1-2H3,(H,16,17,18). The highest BCUT2D eigenvalue weighted by molar-refractivity contribution is 7.16. The molecule has 14 nitrogen and oxygen atoms in total. The average molecular weight is 745 g/mol. The fourth-order valence-corrected chi connectivity index (χ4v) is 6.34. The summed E-state index contributed by atoms with van der Waals surface area (Å²) in [5.74, 6) is 3.66. The number of aromatic nitrogens is 6. The van der Waals surface area contributed by atoms with Crippen molar-refractivity contribution in [2.24, 2.45) is 0 Å². The molecule has 260 valence electrons. The van der Waals surface area contributed by atoms with Crippen molar-refractivity contribution in [2.45, 2.75) is 0 Å². The largest absolute Gasteiger partial charge is 0.493 e. The van der Waals surface area contributed by atoms with E-state index in [4.69, 9.17) is 35.3 Å². The summed E-state index contributed by atoms with van der Waals surface area (Å²) in [4.78, 5) is 39.6. The van der Waals surface area contributed by atoms with Gasteiger partial charge < -0.3 is 34.3 Å². The van der Waals surface area contributed by atoms with Crippen LogP contribution in [-0.2, 0) is 4.74 Å². The molecular weight excluding hydrogens is 716 g/mol. The van der Waals surface area contributed by atoms with Gasteiger partial charge >= 0.3 is 5.97 Å². The lowest BCUT2D eigenvalue weighted by atomic mass is 10.1. The second kappa shape index (κ2) is 15.8. The third-order valence-corrected chi connectivity index (χ3v) is 8.81. The molecule has 3 aromatic carbocycles. The molecule has 0 fully saturated rings. The van der Waals surface area contributed by atoms with Crippen LogP contribution in [-0.4, -0.2) is 71.4 Å². The third-order valence-electron chi connectivity index (χ3n) is 7.20. The Morgan fingerprint density at radius 1 is 0.647 bits per heavy atom. The Morgan fingerprint density at radius 2 is 1.20 bits per heavy atom. The molecule has 0 unspecified atom stereocenters. The van der Waals surface area contributed by atoms with Crippen molar-refractivity contribution in [1.29, 1.82) is 0 Å². The van der Waals surface area contributed by atoms with E-state index in [2.05, 4.69) is 40.5 Å². The van der Waals surface area contributed by atoms with Crippen LogP contribution in [0.1, 0.15) is 10.4 Å². The van der Waals surface area contributed by atoms with Crippen LogP contribution in [0, 0.1) is 0 Å². The predicted molar refractivity (Wildman–Crippen MR) is 198 cm³/mol. The van der Waals surface area contributed by atoms with Crippen LogP contribution in [0.25, 0.3) is 32.1 Å². The summed E-state index contributed by atoms with van der Waals surface area (Å²) in [6, 6.07) is 18.0. The second-order valence-corrected chi connectivity index (χ2v) is 12.2. The van der Waals surface area contributed by atoms with Crippen molar-refractivity contribution >= 4 is 83.9 Å². The van der Waals surface area contributed by atoms with Gasteiger partial charge in [0, 0.05) is 29.1 Å². The highest BCUT2D eigenvalue weighted by atomic mass is 35.5. The first-order valence-electron chi connectivity index (χ1n) is 14.9. The summed E-state index contributed by atoms with van der Waals surface area (Å²) >= 11 is 8.74. The van der Waals surface area contributed by atoms with Gasteiger partial charge in [0.25, 0.3) is 0 Å². The number of fused-ring (bicyclic) bond motifs is 2. The van der Waals surface area contributed by atoms with Crippen LogP contribution in [0.15, 0.2) is 71.7 Å². The van der Waals surface area contributed by atoms with Crippen LogP contribution in [0.4, 0.5) is 23.0 Å². The zero-order valence-electron chi connectivity index (χ0n) is 27.8. The lowest BCUT2D eigenvalue weighted by Crippen LogP contribution is -2.02. The molecular formula is C34H29ClN8O6S2. The number of rotatable bonds is 10. The molecule has 0 aliphatic carbocycles. The Hall–Kier alpha value is -5.84. The minimum absolute atomic E-state index is 0.176. The number of halogens is 1. The van der Waals surface area contributed by atoms with E-state index in [1.807, 2.05) is 36.4 Å². The van der Waals surface area contributed by atoms with E-state index < -0.39 is 5.97 Å². The molecule has 0 atom stereocenters. The first kappa shape index (κ1) is 35.0. The SMILES string of the molecule is COC(=O)c1cccc(-c2nc(Nc3ccc(OC)c(OC)c3)c3ncsc3n2)c1.COc1ccc(Nc2nc(Cl)nc3scnc23)cc1OC. The number of carbonyl (C=O) groups excluding carboxylic acids is 1. The number of benzene rings is 3. The molecule has 4 heterocycles. The van der Waals surface area contributed by atoms with Crippen LogP contribution in [0.5, 0.6) is 23.0 Å². The molecule has 0 radical (unpaired) electrons. The van der Waals surface area contributed by atoms with Gasteiger partial charge in [-0.1, -0.05) is 12.1 Å². The number of nitrogens with one attached hydrogen (secondary N) is 2. The van der Waals surface area contributed by atoms with Crippen molar-refractivity contribution in [2.75, 3.05) is 46.2 Å². The maximum atomic E-state index is 11.9. The predicted octanol–water partition coefficient (Wildman–Crippen LogP) is 7.80. The minimum Gasteiger partial charge on any atom is -0.493 e. The highest BCUT2D eigenvalue weighted by Gasteiger charge is 2.16. The zero-order valence-corrected chi connectivity index (χ0v) is 30.1. The van der Waals surface area contributed by atoms with E-state index in [0.717, 1.165) is 21.0 Å². The van der Waals surface area contributed by atoms with Crippen LogP contribution < -0.4 is 29.6 Å². The number of carbonyl (C=O) groups is 1. The molecule has 0 aliphatic rings. The minimum atomic E-state index is -0.417. The highest BCUT2D eigenvalue weighted by Crippen LogP contribution is 2.35.